The van der Waals surface area contributed by atoms with Gasteiger partial charge in [-0.15, -0.1) is 0 Å². The van der Waals surface area contributed by atoms with Crippen LogP contribution in [0.2, 0.25) is 0 Å². The first-order valence-corrected chi connectivity index (χ1v) is 6.10. The van der Waals surface area contributed by atoms with Crippen molar-refractivity contribution in [3.05, 3.63) is 0 Å². The molecule has 0 aliphatic carbocycles. The van der Waals surface area contributed by atoms with Crippen LogP contribution < -0.4 is 5.32 Å². The molecule has 0 aromatic carbocycles. The number of amides is 1. The summed E-state index contributed by atoms with van der Waals surface area (Å²) in [7, 11) is 0. The van der Waals surface area contributed by atoms with E-state index in [-0.39, 0.29) is 12.0 Å². The second-order valence-electron chi connectivity index (χ2n) is 6.68. The number of aliphatic carboxylic acids is 1. The van der Waals surface area contributed by atoms with Crippen molar-refractivity contribution in [3.8, 4) is 0 Å². The fourth-order valence-electron chi connectivity index (χ4n) is 1.51. The van der Waals surface area contributed by atoms with Crippen molar-refractivity contribution in [2.45, 2.75) is 53.6 Å². The van der Waals surface area contributed by atoms with Gasteiger partial charge in [0.2, 0.25) is 0 Å². The van der Waals surface area contributed by atoms with Crippen LogP contribution in [0, 0.1) is 11.3 Å². The van der Waals surface area contributed by atoms with Crippen molar-refractivity contribution in [3.63, 3.8) is 0 Å². The molecule has 0 rings (SSSR count). The molecule has 1 unspecified atom stereocenters. The number of ether oxygens (including phenoxy) is 1. The quantitative estimate of drug-likeness (QED) is 0.813. The van der Waals surface area contributed by atoms with Crippen LogP contribution in [-0.4, -0.2) is 29.3 Å². The topological polar surface area (TPSA) is 75.6 Å². The van der Waals surface area contributed by atoms with Gasteiger partial charge in [-0.3, -0.25) is 4.79 Å². The van der Waals surface area contributed by atoms with Gasteiger partial charge in [0.25, 0.3) is 0 Å². The van der Waals surface area contributed by atoms with E-state index in [0.717, 1.165) is 0 Å². The lowest BCUT2D eigenvalue weighted by atomic mass is 9.84. The summed E-state index contributed by atoms with van der Waals surface area (Å²) in [6.45, 7) is 11.3. The molecule has 0 aromatic heterocycles. The molecule has 106 valence electrons. The van der Waals surface area contributed by atoms with Crippen molar-refractivity contribution in [2.24, 2.45) is 11.3 Å². The third kappa shape index (κ3) is 8.84. The van der Waals surface area contributed by atoms with Crippen LogP contribution in [-0.2, 0) is 9.53 Å². The standard InChI is InChI=1S/C13H25NO4/c1-12(2,3)7-9(10(15)16)8-14-11(17)18-13(4,5)6/h9H,7-8H2,1-6H3,(H,14,17)(H,15,16). The lowest BCUT2D eigenvalue weighted by Crippen LogP contribution is -2.38. The van der Waals surface area contributed by atoms with Crippen molar-refractivity contribution in [1.29, 1.82) is 0 Å². The average Bonchev–Trinajstić information content (AvgIpc) is 2.06. The Hall–Kier alpha value is -1.26. The Balaban J connectivity index is 4.29. The maximum Gasteiger partial charge on any atom is 0.407 e. The average molecular weight is 259 g/mol. The highest BCUT2D eigenvalue weighted by Gasteiger charge is 2.25. The molecule has 1 amide bonds. The summed E-state index contributed by atoms with van der Waals surface area (Å²) >= 11 is 0. The zero-order valence-electron chi connectivity index (χ0n) is 12.2. The molecule has 5 heteroatoms. The first kappa shape index (κ1) is 16.7. The fourth-order valence-corrected chi connectivity index (χ4v) is 1.51. The third-order valence-electron chi connectivity index (χ3n) is 2.10. The van der Waals surface area contributed by atoms with Gasteiger partial charge < -0.3 is 15.2 Å². The first-order chi connectivity index (χ1) is 7.91. The minimum Gasteiger partial charge on any atom is -0.481 e. The largest absolute Gasteiger partial charge is 0.481 e. The molecule has 1 atom stereocenters. The number of hydrogen-bond acceptors (Lipinski definition) is 3. The van der Waals surface area contributed by atoms with E-state index in [1.54, 1.807) is 20.8 Å². The number of rotatable bonds is 4. The Morgan fingerprint density at radius 1 is 1.17 bits per heavy atom. The van der Waals surface area contributed by atoms with E-state index in [1.807, 2.05) is 20.8 Å². The number of carbonyl (C=O) groups is 2. The van der Waals surface area contributed by atoms with E-state index >= 15 is 0 Å². The van der Waals surface area contributed by atoms with Gasteiger partial charge in [-0.2, -0.15) is 0 Å². The van der Waals surface area contributed by atoms with E-state index in [2.05, 4.69) is 5.32 Å². The van der Waals surface area contributed by atoms with Gasteiger partial charge in [0, 0.05) is 6.54 Å². The molecule has 0 heterocycles. The Morgan fingerprint density at radius 3 is 2.00 bits per heavy atom. The molecule has 0 spiro atoms. The highest BCUT2D eigenvalue weighted by atomic mass is 16.6. The van der Waals surface area contributed by atoms with Gasteiger partial charge in [0.05, 0.1) is 5.92 Å². The van der Waals surface area contributed by atoms with E-state index in [9.17, 15) is 9.59 Å². The van der Waals surface area contributed by atoms with Crippen LogP contribution in [0.5, 0.6) is 0 Å². The lowest BCUT2D eigenvalue weighted by molar-refractivity contribution is -0.142. The van der Waals surface area contributed by atoms with Crippen molar-refractivity contribution in [2.75, 3.05) is 6.54 Å². The summed E-state index contributed by atoms with van der Waals surface area (Å²) in [6, 6.07) is 0. The second-order valence-corrected chi connectivity index (χ2v) is 6.68. The van der Waals surface area contributed by atoms with E-state index in [0.29, 0.717) is 6.42 Å². The van der Waals surface area contributed by atoms with Gasteiger partial charge in [0.15, 0.2) is 0 Å². The summed E-state index contributed by atoms with van der Waals surface area (Å²) in [5.74, 6) is -1.50. The van der Waals surface area contributed by atoms with Crippen LogP contribution in [0.15, 0.2) is 0 Å². The molecule has 0 fully saturated rings. The van der Waals surface area contributed by atoms with E-state index < -0.39 is 23.6 Å². The predicted octanol–water partition coefficient (Wildman–Crippen LogP) is 2.65. The first-order valence-electron chi connectivity index (χ1n) is 6.10. The van der Waals surface area contributed by atoms with Crippen LogP contribution in [0.1, 0.15) is 48.0 Å². The molecule has 0 radical (unpaired) electrons. The Kier molecular flexibility index (Phi) is 5.64. The van der Waals surface area contributed by atoms with Crippen molar-refractivity contribution >= 4 is 12.1 Å². The summed E-state index contributed by atoms with van der Waals surface area (Å²) < 4.78 is 5.05. The Bertz CT molecular complexity index is 299. The van der Waals surface area contributed by atoms with Gasteiger partial charge >= 0.3 is 12.1 Å². The van der Waals surface area contributed by atoms with Crippen LogP contribution >= 0.6 is 0 Å². The monoisotopic (exact) mass is 259 g/mol. The molecule has 0 saturated carbocycles. The maximum atomic E-state index is 11.4. The number of carbonyl (C=O) groups excluding carboxylic acids is 1. The SMILES string of the molecule is CC(C)(C)CC(CNC(=O)OC(C)(C)C)C(=O)O. The molecule has 2 N–H and O–H groups in total. The molecular formula is C13H25NO4. The maximum absolute atomic E-state index is 11.4. The van der Waals surface area contributed by atoms with Gasteiger partial charge in [-0.1, -0.05) is 20.8 Å². The number of alkyl carbamates (subject to hydrolysis) is 1. The number of carboxylic acids is 1. The zero-order chi connectivity index (χ0) is 14.6. The Morgan fingerprint density at radius 2 is 1.67 bits per heavy atom. The fraction of sp³-hybridized carbons (Fsp3) is 0.846. The lowest BCUT2D eigenvalue weighted by Gasteiger charge is -2.24. The molecule has 5 nitrogen and oxygen atoms in total. The summed E-state index contributed by atoms with van der Waals surface area (Å²) in [5, 5.41) is 11.6. The normalized spacial score (nSPS) is 13.9. The summed E-state index contributed by atoms with van der Waals surface area (Å²) in [5.41, 5.74) is -0.675. The molecule has 18 heavy (non-hydrogen) atoms. The molecule has 0 aliphatic rings. The minimum absolute atomic E-state index is 0.0848. The van der Waals surface area contributed by atoms with E-state index in [4.69, 9.17) is 9.84 Å². The van der Waals surface area contributed by atoms with Gasteiger partial charge in [-0.05, 0) is 32.6 Å². The highest BCUT2D eigenvalue weighted by Crippen LogP contribution is 2.24. The van der Waals surface area contributed by atoms with Gasteiger partial charge in [-0.25, -0.2) is 4.79 Å². The van der Waals surface area contributed by atoms with Crippen molar-refractivity contribution in [1.82, 2.24) is 5.32 Å². The Labute approximate surface area is 109 Å². The second kappa shape index (κ2) is 6.07. The summed E-state index contributed by atoms with van der Waals surface area (Å²) in [4.78, 5) is 22.5. The van der Waals surface area contributed by atoms with Gasteiger partial charge in [0.1, 0.15) is 5.60 Å². The molecule has 0 saturated heterocycles. The smallest absolute Gasteiger partial charge is 0.407 e. The molecule has 0 aliphatic heterocycles. The van der Waals surface area contributed by atoms with E-state index in [1.165, 1.54) is 0 Å². The van der Waals surface area contributed by atoms with Crippen LogP contribution in [0.4, 0.5) is 4.79 Å². The minimum atomic E-state index is -0.902. The predicted molar refractivity (Wildman–Crippen MR) is 69.4 cm³/mol. The highest BCUT2D eigenvalue weighted by molar-refractivity contribution is 5.72. The third-order valence-corrected chi connectivity index (χ3v) is 2.10. The number of hydrogen-bond donors (Lipinski definition) is 2. The number of carboxylic acid groups (broad SMARTS) is 1. The molecular weight excluding hydrogens is 234 g/mol. The van der Waals surface area contributed by atoms with Crippen LogP contribution in [0.25, 0.3) is 0 Å². The molecule has 0 aromatic rings. The van der Waals surface area contributed by atoms with Crippen molar-refractivity contribution < 1.29 is 19.4 Å². The molecule has 0 bridgehead atoms. The van der Waals surface area contributed by atoms with Crippen LogP contribution in [0.3, 0.4) is 0 Å². The number of nitrogens with one attached hydrogen (secondary N) is 1. The summed E-state index contributed by atoms with van der Waals surface area (Å²) in [6.07, 6.45) is -0.0827. The zero-order valence-corrected chi connectivity index (χ0v) is 12.2.